The van der Waals surface area contributed by atoms with Gasteiger partial charge in [-0.1, -0.05) is 28.1 Å². The van der Waals surface area contributed by atoms with Crippen molar-refractivity contribution in [2.24, 2.45) is 22.7 Å². The van der Waals surface area contributed by atoms with Crippen molar-refractivity contribution < 1.29 is 0 Å². The van der Waals surface area contributed by atoms with Crippen LogP contribution in [0, 0.1) is 68.0 Å². The first-order chi connectivity index (χ1) is 7.63. The van der Waals surface area contributed by atoms with Crippen LogP contribution in [0.1, 0.15) is 0 Å². The monoisotopic (exact) mass is 272 g/mol. The predicted molar refractivity (Wildman–Crippen MR) is 56.2 cm³/mol. The maximum atomic E-state index is 9.22. The highest BCUT2D eigenvalue weighted by atomic mass is 79.9. The molecule has 1 unspecified atom stereocenters. The van der Waals surface area contributed by atoms with Crippen LogP contribution in [0.15, 0.2) is 12.2 Å². The molecule has 76 valence electrons. The maximum absolute atomic E-state index is 9.22. The molecule has 1 saturated carbocycles. The van der Waals surface area contributed by atoms with Gasteiger partial charge in [-0.15, -0.1) is 0 Å². The second-order valence-electron chi connectivity index (χ2n) is 3.94. The molecule has 0 N–H and O–H groups in total. The average Bonchev–Trinajstić information content (AvgIpc) is 2.79. The first-order valence-electron chi connectivity index (χ1n) is 4.61. The van der Waals surface area contributed by atoms with Gasteiger partial charge in [0.2, 0.25) is 0 Å². The van der Waals surface area contributed by atoms with Crippen molar-refractivity contribution >= 4 is 15.9 Å². The van der Waals surface area contributed by atoms with E-state index >= 15 is 0 Å². The summed E-state index contributed by atoms with van der Waals surface area (Å²) >= 11 is 3.38. The lowest BCUT2D eigenvalue weighted by Crippen LogP contribution is -2.41. The Morgan fingerprint density at radius 3 is 1.38 bits per heavy atom. The highest BCUT2D eigenvalue weighted by molar-refractivity contribution is 9.09. The Morgan fingerprint density at radius 2 is 1.12 bits per heavy atom. The standard InChI is InChI=1S/C11H5BrN4/c12-9-7-1-2-8(9)11(5-15,6-16)10(7,3-13)4-14/h1-2,7-9H/t7-,8+,9?. The lowest BCUT2D eigenvalue weighted by Gasteiger charge is -2.31. The minimum Gasteiger partial charge on any atom is -0.196 e. The van der Waals surface area contributed by atoms with E-state index in [1.165, 1.54) is 0 Å². The van der Waals surface area contributed by atoms with Crippen LogP contribution in [0.4, 0.5) is 0 Å². The van der Waals surface area contributed by atoms with Crippen molar-refractivity contribution in [1.29, 1.82) is 21.0 Å². The van der Waals surface area contributed by atoms with E-state index in [1.807, 2.05) is 24.3 Å². The molecule has 1 fully saturated rings. The molecule has 2 aliphatic carbocycles. The number of halogens is 1. The molecule has 2 rings (SSSR count). The van der Waals surface area contributed by atoms with Gasteiger partial charge >= 0.3 is 0 Å². The van der Waals surface area contributed by atoms with Crippen LogP contribution in [0.3, 0.4) is 0 Å². The molecular weight excluding hydrogens is 268 g/mol. The van der Waals surface area contributed by atoms with E-state index in [0.717, 1.165) is 0 Å². The summed E-state index contributed by atoms with van der Waals surface area (Å²) in [7, 11) is 0. The summed E-state index contributed by atoms with van der Waals surface area (Å²) in [5.41, 5.74) is -3.13. The average molecular weight is 273 g/mol. The maximum Gasteiger partial charge on any atom is 0.183 e. The summed E-state index contributed by atoms with van der Waals surface area (Å²) in [5.74, 6) is -0.793. The summed E-state index contributed by atoms with van der Waals surface area (Å²) in [6.07, 6.45) is 3.51. The third-order valence-corrected chi connectivity index (χ3v) is 4.68. The van der Waals surface area contributed by atoms with Crippen molar-refractivity contribution in [3.05, 3.63) is 12.2 Å². The van der Waals surface area contributed by atoms with Crippen molar-refractivity contribution in [3.63, 3.8) is 0 Å². The fourth-order valence-corrected chi connectivity index (χ4v) is 3.81. The van der Waals surface area contributed by atoms with Gasteiger partial charge in [-0.05, 0) is 0 Å². The van der Waals surface area contributed by atoms with Crippen LogP contribution < -0.4 is 0 Å². The van der Waals surface area contributed by atoms with E-state index in [4.69, 9.17) is 0 Å². The smallest absolute Gasteiger partial charge is 0.183 e. The molecule has 2 aliphatic rings. The van der Waals surface area contributed by atoms with Crippen LogP contribution in [-0.2, 0) is 0 Å². The Kier molecular flexibility index (Phi) is 2.06. The molecule has 2 bridgehead atoms. The van der Waals surface area contributed by atoms with Gasteiger partial charge in [-0.3, -0.25) is 0 Å². The Balaban J connectivity index is 2.78. The van der Waals surface area contributed by atoms with E-state index in [2.05, 4.69) is 15.9 Å². The fraction of sp³-hybridized carbons (Fsp3) is 0.455. The minimum absolute atomic E-state index is 0.189. The zero-order valence-electron chi connectivity index (χ0n) is 8.05. The molecule has 0 spiro atoms. The predicted octanol–water partition coefficient (Wildman–Crippen LogP) is 1.63. The largest absolute Gasteiger partial charge is 0.196 e. The molecular formula is C11H5BrN4. The number of hydrogen-bond donors (Lipinski definition) is 0. The van der Waals surface area contributed by atoms with Crippen molar-refractivity contribution in [2.75, 3.05) is 0 Å². The molecule has 0 aromatic carbocycles. The normalized spacial score (nSPS) is 35.7. The van der Waals surface area contributed by atoms with Gasteiger partial charge < -0.3 is 0 Å². The van der Waals surface area contributed by atoms with Crippen molar-refractivity contribution in [1.82, 2.24) is 0 Å². The molecule has 0 amide bonds. The second kappa shape index (κ2) is 3.08. The number of nitrogens with zero attached hydrogens (tertiary/aromatic N) is 4. The Bertz CT molecular complexity index is 460. The molecule has 0 aromatic rings. The third kappa shape index (κ3) is 0.780. The molecule has 0 aliphatic heterocycles. The number of fused-ring (bicyclic) bond motifs is 2. The second-order valence-corrected chi connectivity index (χ2v) is 5.00. The van der Waals surface area contributed by atoms with Crippen molar-refractivity contribution in [3.8, 4) is 24.3 Å². The molecule has 0 saturated heterocycles. The van der Waals surface area contributed by atoms with Gasteiger partial charge in [0.25, 0.3) is 0 Å². The van der Waals surface area contributed by atoms with E-state index < -0.39 is 22.7 Å². The van der Waals surface area contributed by atoms with Gasteiger partial charge in [0.05, 0.1) is 24.3 Å². The summed E-state index contributed by atoms with van der Waals surface area (Å²) in [6.45, 7) is 0. The molecule has 3 atom stereocenters. The van der Waals surface area contributed by atoms with Crippen molar-refractivity contribution in [2.45, 2.75) is 4.83 Å². The molecule has 16 heavy (non-hydrogen) atoms. The zero-order valence-corrected chi connectivity index (χ0v) is 9.64. The van der Waals surface area contributed by atoms with Crippen LogP contribution in [0.5, 0.6) is 0 Å². The van der Waals surface area contributed by atoms with Crippen LogP contribution >= 0.6 is 15.9 Å². The highest BCUT2D eigenvalue weighted by Crippen LogP contribution is 2.64. The number of allylic oxidation sites excluding steroid dienone is 2. The molecule has 4 nitrogen and oxygen atoms in total. The molecule has 0 heterocycles. The molecule has 0 aromatic heterocycles. The van der Waals surface area contributed by atoms with Gasteiger partial charge in [0.15, 0.2) is 10.8 Å². The van der Waals surface area contributed by atoms with Gasteiger partial charge in [0.1, 0.15) is 0 Å². The Morgan fingerprint density at radius 1 is 0.812 bits per heavy atom. The van der Waals surface area contributed by atoms with E-state index in [1.54, 1.807) is 12.2 Å². The first kappa shape index (κ1) is 10.7. The molecule has 5 heteroatoms. The van der Waals surface area contributed by atoms with E-state index in [0.29, 0.717) is 0 Å². The highest BCUT2D eigenvalue weighted by Gasteiger charge is 2.72. The van der Waals surface area contributed by atoms with E-state index in [9.17, 15) is 21.0 Å². The number of hydrogen-bond acceptors (Lipinski definition) is 4. The summed E-state index contributed by atoms with van der Waals surface area (Å²) < 4.78 is 0. The van der Waals surface area contributed by atoms with Crippen LogP contribution in [0.25, 0.3) is 0 Å². The SMILES string of the molecule is N#CC1(C#N)[C@@H]2C=C[C@@H](C2Br)C1(C#N)C#N. The lowest BCUT2D eigenvalue weighted by molar-refractivity contribution is 0.276. The topological polar surface area (TPSA) is 95.2 Å². The number of rotatable bonds is 0. The summed E-state index contributed by atoms with van der Waals surface area (Å²) in [4.78, 5) is -0.189. The van der Waals surface area contributed by atoms with E-state index in [-0.39, 0.29) is 4.83 Å². The van der Waals surface area contributed by atoms with Crippen LogP contribution in [0.2, 0.25) is 0 Å². The first-order valence-corrected chi connectivity index (χ1v) is 5.52. The number of alkyl halides is 1. The summed E-state index contributed by atoms with van der Waals surface area (Å²) in [6, 6.07) is 7.58. The fourth-order valence-electron chi connectivity index (χ4n) is 2.67. The van der Waals surface area contributed by atoms with Crippen LogP contribution in [-0.4, -0.2) is 4.83 Å². The minimum atomic E-state index is -1.57. The van der Waals surface area contributed by atoms with Gasteiger partial charge in [0, 0.05) is 16.7 Å². The Hall–Kier alpha value is -1.82. The van der Waals surface area contributed by atoms with Gasteiger partial charge in [-0.25, -0.2) is 0 Å². The van der Waals surface area contributed by atoms with Gasteiger partial charge in [-0.2, -0.15) is 21.0 Å². The molecule has 0 radical (unpaired) electrons. The Labute approximate surface area is 101 Å². The quantitative estimate of drug-likeness (QED) is 0.495. The lowest BCUT2D eigenvalue weighted by atomic mass is 9.61. The third-order valence-electron chi connectivity index (χ3n) is 3.54. The zero-order chi connectivity index (χ0) is 12.0. The summed E-state index contributed by atoms with van der Waals surface area (Å²) in [5, 5.41) is 36.9. The number of nitriles is 4.